The van der Waals surface area contributed by atoms with Gasteiger partial charge in [-0.3, -0.25) is 4.79 Å². The lowest BCUT2D eigenvalue weighted by molar-refractivity contribution is -0.125. The van der Waals surface area contributed by atoms with Crippen LogP contribution >= 0.6 is 11.3 Å². The van der Waals surface area contributed by atoms with Gasteiger partial charge in [0.1, 0.15) is 4.88 Å². The van der Waals surface area contributed by atoms with Crippen molar-refractivity contribution in [3.05, 3.63) is 27.5 Å². The van der Waals surface area contributed by atoms with Gasteiger partial charge in [-0.25, -0.2) is 4.79 Å². The third-order valence-corrected chi connectivity index (χ3v) is 9.78. The molecule has 0 aromatic carbocycles. The smallest absolute Gasteiger partial charge is 0.348 e. The Morgan fingerprint density at radius 1 is 1.24 bits per heavy atom. The fraction of sp³-hybridized carbons (Fsp3) is 0.724. The summed E-state index contributed by atoms with van der Waals surface area (Å²) in [6.07, 6.45) is 6.79. The molecule has 0 spiro atoms. The second kappa shape index (κ2) is 11.2. The zero-order chi connectivity index (χ0) is 27.0. The standard InChI is InChI=1S/C29H43NO6S/c1-18-6-7-22(19(2)14-18)26(31)30(23-15-24(28(3,4)5)37-25(23)27(32)33)20-8-11-29(34,12-9-20)17-36-21-10-13-35-16-21/h6,15,19-22,34H,7-14,16-17H2,1-5H3,(H,32,33)/t19-,20?,21-,22-,29?/m0/s1. The maximum absolute atomic E-state index is 14.2. The van der Waals surface area contributed by atoms with Gasteiger partial charge in [-0.2, -0.15) is 0 Å². The Labute approximate surface area is 224 Å². The van der Waals surface area contributed by atoms with Gasteiger partial charge in [0.25, 0.3) is 0 Å². The van der Waals surface area contributed by atoms with E-state index in [1.807, 2.05) is 6.07 Å². The van der Waals surface area contributed by atoms with E-state index in [-0.39, 0.29) is 46.8 Å². The number of amides is 1. The predicted octanol–water partition coefficient (Wildman–Crippen LogP) is 5.55. The van der Waals surface area contributed by atoms with Crippen molar-refractivity contribution in [2.24, 2.45) is 11.8 Å². The first-order valence-corrected chi connectivity index (χ1v) is 14.5. The number of anilines is 1. The van der Waals surface area contributed by atoms with Gasteiger partial charge in [0.15, 0.2) is 0 Å². The fourth-order valence-corrected chi connectivity index (χ4v) is 6.90. The molecular formula is C29H43NO6S. The Balaban J connectivity index is 1.61. The van der Waals surface area contributed by atoms with Gasteiger partial charge in [-0.1, -0.05) is 39.3 Å². The zero-order valence-electron chi connectivity index (χ0n) is 22.9. The van der Waals surface area contributed by atoms with Crippen LogP contribution < -0.4 is 4.90 Å². The predicted molar refractivity (Wildman–Crippen MR) is 145 cm³/mol. The summed E-state index contributed by atoms with van der Waals surface area (Å²) in [4.78, 5) is 29.6. The molecule has 1 aliphatic heterocycles. The molecule has 1 saturated carbocycles. The van der Waals surface area contributed by atoms with Crippen molar-refractivity contribution in [1.82, 2.24) is 0 Å². The highest BCUT2D eigenvalue weighted by atomic mass is 32.1. The van der Waals surface area contributed by atoms with E-state index in [0.717, 1.165) is 17.7 Å². The number of hydrogen-bond donors (Lipinski definition) is 2. The Bertz CT molecular complexity index is 1010. The molecule has 1 aromatic heterocycles. The summed E-state index contributed by atoms with van der Waals surface area (Å²) in [5.41, 5.74) is 0.650. The maximum atomic E-state index is 14.2. The monoisotopic (exact) mass is 533 g/mol. The molecule has 1 saturated heterocycles. The maximum Gasteiger partial charge on any atom is 0.348 e. The van der Waals surface area contributed by atoms with E-state index in [2.05, 4.69) is 40.7 Å². The molecule has 7 nitrogen and oxygen atoms in total. The van der Waals surface area contributed by atoms with E-state index in [1.54, 1.807) is 4.90 Å². The molecule has 0 unspecified atom stereocenters. The molecule has 8 heteroatoms. The Morgan fingerprint density at radius 3 is 2.51 bits per heavy atom. The molecule has 3 aliphatic rings. The largest absolute Gasteiger partial charge is 0.477 e. The van der Waals surface area contributed by atoms with Crippen LogP contribution in [0, 0.1) is 11.8 Å². The fourth-order valence-electron chi connectivity index (χ4n) is 5.86. The highest BCUT2D eigenvalue weighted by Gasteiger charge is 2.42. The number of ether oxygens (including phenoxy) is 2. The lowest BCUT2D eigenvalue weighted by atomic mass is 9.78. The number of aliphatic hydroxyl groups is 1. The van der Waals surface area contributed by atoms with E-state index in [1.165, 1.54) is 16.9 Å². The highest BCUT2D eigenvalue weighted by molar-refractivity contribution is 7.14. The number of carboxylic acids is 1. The van der Waals surface area contributed by atoms with Crippen molar-refractivity contribution >= 4 is 28.9 Å². The lowest BCUT2D eigenvalue weighted by Crippen LogP contribution is -2.51. The summed E-state index contributed by atoms with van der Waals surface area (Å²) < 4.78 is 11.3. The minimum Gasteiger partial charge on any atom is -0.477 e. The third kappa shape index (κ3) is 6.47. The number of carbonyl (C=O) groups excluding carboxylic acids is 1. The minimum absolute atomic E-state index is 0.00630. The second-order valence-corrected chi connectivity index (χ2v) is 13.5. The van der Waals surface area contributed by atoms with Crippen molar-refractivity contribution in [3.8, 4) is 0 Å². The summed E-state index contributed by atoms with van der Waals surface area (Å²) in [7, 11) is 0. The zero-order valence-corrected chi connectivity index (χ0v) is 23.7. The van der Waals surface area contributed by atoms with Gasteiger partial charge >= 0.3 is 5.97 Å². The summed E-state index contributed by atoms with van der Waals surface area (Å²) in [6.45, 7) is 11.9. The summed E-state index contributed by atoms with van der Waals surface area (Å²) in [5.74, 6) is -0.988. The number of aromatic carboxylic acids is 1. The molecule has 1 aromatic rings. The molecule has 1 amide bonds. The van der Waals surface area contributed by atoms with E-state index in [4.69, 9.17) is 9.47 Å². The average molecular weight is 534 g/mol. The molecule has 2 fully saturated rings. The first kappa shape index (κ1) is 28.3. The Morgan fingerprint density at radius 2 is 1.95 bits per heavy atom. The van der Waals surface area contributed by atoms with Gasteiger partial charge in [-0.05, 0) is 69.3 Å². The minimum atomic E-state index is -1.000. The van der Waals surface area contributed by atoms with Crippen molar-refractivity contribution in [1.29, 1.82) is 0 Å². The van der Waals surface area contributed by atoms with Crippen LogP contribution in [0.3, 0.4) is 0 Å². The van der Waals surface area contributed by atoms with E-state index in [9.17, 15) is 19.8 Å². The van der Waals surface area contributed by atoms with Crippen LogP contribution in [0.5, 0.6) is 0 Å². The molecule has 3 atom stereocenters. The summed E-state index contributed by atoms with van der Waals surface area (Å²) >= 11 is 1.27. The number of carbonyl (C=O) groups is 2. The van der Waals surface area contributed by atoms with E-state index in [0.29, 0.717) is 51.0 Å². The van der Waals surface area contributed by atoms with Gasteiger partial charge in [0.05, 0.1) is 30.6 Å². The summed E-state index contributed by atoms with van der Waals surface area (Å²) in [5, 5.41) is 21.4. The van der Waals surface area contributed by atoms with Gasteiger partial charge in [-0.15, -0.1) is 11.3 Å². The number of hydrogen-bond acceptors (Lipinski definition) is 6. The van der Waals surface area contributed by atoms with Gasteiger partial charge < -0.3 is 24.6 Å². The van der Waals surface area contributed by atoms with Crippen LogP contribution in [0.4, 0.5) is 5.69 Å². The van der Waals surface area contributed by atoms with Crippen LogP contribution in [0.25, 0.3) is 0 Å². The Kier molecular flexibility index (Phi) is 8.53. The van der Waals surface area contributed by atoms with E-state index >= 15 is 0 Å². The number of rotatable bonds is 7. The molecule has 206 valence electrons. The SMILES string of the molecule is CC1=CC[C@H](C(=O)N(c2cc(C(C)(C)C)sc2C(=O)O)C2CCC(O)(CO[C@H]3CCOC3)CC2)[C@@H](C)C1. The Hall–Kier alpha value is -1.74. The van der Waals surface area contributed by atoms with E-state index < -0.39 is 11.6 Å². The van der Waals surface area contributed by atoms with Crippen LogP contribution in [0.1, 0.15) is 94.1 Å². The quantitative estimate of drug-likeness (QED) is 0.446. The molecular weight excluding hydrogens is 490 g/mol. The van der Waals surface area contributed by atoms with Crippen molar-refractivity contribution < 1.29 is 29.3 Å². The molecule has 37 heavy (non-hydrogen) atoms. The van der Waals surface area contributed by atoms with Crippen LogP contribution in [0.2, 0.25) is 0 Å². The molecule has 0 radical (unpaired) electrons. The van der Waals surface area contributed by atoms with Crippen LogP contribution in [-0.2, 0) is 19.7 Å². The van der Waals surface area contributed by atoms with Gasteiger partial charge in [0, 0.05) is 23.4 Å². The topological polar surface area (TPSA) is 96.3 Å². The summed E-state index contributed by atoms with van der Waals surface area (Å²) in [6, 6.07) is 1.76. The number of carboxylic acid groups (broad SMARTS) is 1. The average Bonchev–Trinajstić information content (AvgIpc) is 3.50. The molecule has 2 heterocycles. The molecule has 4 rings (SSSR count). The van der Waals surface area contributed by atoms with Crippen LogP contribution in [0.15, 0.2) is 17.7 Å². The number of thiophene rings is 1. The first-order valence-electron chi connectivity index (χ1n) is 13.7. The van der Waals surface area contributed by atoms with Gasteiger partial charge in [0.2, 0.25) is 5.91 Å². The first-order chi connectivity index (χ1) is 17.4. The van der Waals surface area contributed by atoms with Crippen molar-refractivity contribution in [3.63, 3.8) is 0 Å². The van der Waals surface area contributed by atoms with Crippen molar-refractivity contribution in [2.75, 3.05) is 24.7 Å². The second-order valence-electron chi connectivity index (χ2n) is 12.4. The molecule has 0 bridgehead atoms. The highest BCUT2D eigenvalue weighted by Crippen LogP contribution is 2.43. The third-order valence-electron chi connectivity index (χ3n) is 8.24. The van der Waals surface area contributed by atoms with Crippen LogP contribution in [-0.4, -0.2) is 59.7 Å². The van der Waals surface area contributed by atoms with Crippen molar-refractivity contribution in [2.45, 2.75) is 103 Å². The lowest BCUT2D eigenvalue weighted by Gasteiger charge is -2.42. The molecule has 2 N–H and O–H groups in total. The molecule has 2 aliphatic carbocycles. The normalized spacial score (nSPS) is 30.7. The number of allylic oxidation sites excluding steroid dienone is 2. The number of nitrogens with zero attached hydrogens (tertiary/aromatic N) is 1.